The number of anilines is 1. The van der Waals surface area contributed by atoms with E-state index >= 15 is 0 Å². The predicted octanol–water partition coefficient (Wildman–Crippen LogP) is 4.90. The zero-order valence-electron chi connectivity index (χ0n) is 15.5. The SMILES string of the molecule is Cc1c(C(=O)NC(=S)Nc2nc(-c3cccc([N+](=O)[O-])c3)cs2)oc2ccccc12. The van der Waals surface area contributed by atoms with Crippen molar-refractivity contribution in [1.29, 1.82) is 0 Å². The van der Waals surface area contributed by atoms with Crippen LogP contribution in [0.2, 0.25) is 0 Å². The second-order valence-corrected chi connectivity index (χ2v) is 7.57. The number of furan rings is 1. The molecular weight excluding hydrogens is 424 g/mol. The van der Waals surface area contributed by atoms with Crippen molar-refractivity contribution in [2.45, 2.75) is 6.92 Å². The van der Waals surface area contributed by atoms with Gasteiger partial charge in [0.05, 0.1) is 10.6 Å². The largest absolute Gasteiger partial charge is 0.451 e. The smallest absolute Gasteiger partial charge is 0.293 e. The maximum absolute atomic E-state index is 12.6. The second-order valence-electron chi connectivity index (χ2n) is 6.31. The van der Waals surface area contributed by atoms with E-state index in [0.717, 1.165) is 10.9 Å². The summed E-state index contributed by atoms with van der Waals surface area (Å²) in [5.41, 5.74) is 2.52. The molecule has 0 saturated heterocycles. The number of hydrogen-bond acceptors (Lipinski definition) is 7. The van der Waals surface area contributed by atoms with E-state index in [1.54, 1.807) is 23.6 Å². The van der Waals surface area contributed by atoms with Gasteiger partial charge in [0.25, 0.3) is 11.6 Å². The van der Waals surface area contributed by atoms with Gasteiger partial charge in [-0.2, -0.15) is 0 Å². The van der Waals surface area contributed by atoms with Gasteiger partial charge in [-0.25, -0.2) is 4.98 Å². The first kappa shape index (κ1) is 19.7. The lowest BCUT2D eigenvalue weighted by Crippen LogP contribution is -2.34. The van der Waals surface area contributed by atoms with E-state index in [1.165, 1.54) is 23.5 Å². The number of fused-ring (bicyclic) bond motifs is 1. The number of hydrogen-bond donors (Lipinski definition) is 2. The Labute approximate surface area is 179 Å². The van der Waals surface area contributed by atoms with Gasteiger partial charge in [0.15, 0.2) is 16.0 Å². The summed E-state index contributed by atoms with van der Waals surface area (Å²) in [5, 5.41) is 19.5. The summed E-state index contributed by atoms with van der Waals surface area (Å²) < 4.78 is 5.64. The molecule has 150 valence electrons. The molecule has 10 heteroatoms. The number of amides is 1. The number of carbonyl (C=O) groups is 1. The monoisotopic (exact) mass is 438 g/mol. The van der Waals surface area contributed by atoms with Crippen molar-refractivity contribution in [3.63, 3.8) is 0 Å². The van der Waals surface area contributed by atoms with E-state index in [2.05, 4.69) is 15.6 Å². The number of non-ortho nitro benzene ring substituents is 1. The fourth-order valence-electron chi connectivity index (χ4n) is 2.92. The van der Waals surface area contributed by atoms with Crippen molar-refractivity contribution >= 4 is 56.4 Å². The average molecular weight is 438 g/mol. The maximum Gasteiger partial charge on any atom is 0.293 e. The highest BCUT2D eigenvalue weighted by molar-refractivity contribution is 7.80. The Hall–Kier alpha value is -3.63. The first-order valence-electron chi connectivity index (χ1n) is 8.73. The Balaban J connectivity index is 1.45. The second kappa shape index (κ2) is 8.01. The van der Waals surface area contributed by atoms with Crippen LogP contribution in [0.4, 0.5) is 10.8 Å². The molecule has 0 bridgehead atoms. The van der Waals surface area contributed by atoms with Crippen LogP contribution in [0, 0.1) is 17.0 Å². The van der Waals surface area contributed by atoms with Gasteiger partial charge in [0.2, 0.25) is 0 Å². The number of nitro benzene ring substituents is 1. The minimum absolute atomic E-state index is 0.0148. The molecule has 4 aromatic rings. The van der Waals surface area contributed by atoms with Gasteiger partial charge in [0, 0.05) is 34.0 Å². The highest BCUT2D eigenvalue weighted by Crippen LogP contribution is 2.28. The van der Waals surface area contributed by atoms with Crippen molar-refractivity contribution < 1.29 is 14.1 Å². The maximum atomic E-state index is 12.6. The molecule has 8 nitrogen and oxygen atoms in total. The Morgan fingerprint density at radius 2 is 2.03 bits per heavy atom. The first-order valence-corrected chi connectivity index (χ1v) is 10.0. The molecule has 0 unspecified atom stereocenters. The number of nitrogens with zero attached hydrogens (tertiary/aromatic N) is 2. The van der Waals surface area contributed by atoms with E-state index < -0.39 is 10.8 Å². The Kier molecular flexibility index (Phi) is 5.25. The molecule has 0 aliphatic rings. The van der Waals surface area contributed by atoms with Crippen LogP contribution in [0.1, 0.15) is 16.1 Å². The molecule has 1 amide bonds. The van der Waals surface area contributed by atoms with Crippen LogP contribution in [-0.4, -0.2) is 20.9 Å². The van der Waals surface area contributed by atoms with E-state index in [4.69, 9.17) is 16.6 Å². The molecule has 2 N–H and O–H groups in total. The standard InChI is InChI=1S/C20H14N4O4S2/c1-11-14-7-2-3-8-16(14)28-17(11)18(25)22-19(29)23-20-21-15(10-30-20)12-5-4-6-13(9-12)24(26)27/h2-10H,1H3,(H2,21,22,23,25,29). The zero-order valence-corrected chi connectivity index (χ0v) is 17.2. The fraction of sp³-hybridized carbons (Fsp3) is 0.0500. The number of nitrogens with one attached hydrogen (secondary N) is 2. The van der Waals surface area contributed by atoms with Crippen molar-refractivity contribution in [2.24, 2.45) is 0 Å². The lowest BCUT2D eigenvalue weighted by atomic mass is 10.1. The molecule has 0 atom stereocenters. The Morgan fingerprint density at radius 1 is 1.23 bits per heavy atom. The van der Waals surface area contributed by atoms with E-state index in [-0.39, 0.29) is 16.6 Å². The molecule has 2 aromatic heterocycles. The summed E-state index contributed by atoms with van der Waals surface area (Å²) >= 11 is 6.47. The molecule has 0 aliphatic heterocycles. The van der Waals surface area contributed by atoms with Crippen LogP contribution in [-0.2, 0) is 0 Å². The Morgan fingerprint density at radius 3 is 2.80 bits per heavy atom. The van der Waals surface area contributed by atoms with Gasteiger partial charge in [0.1, 0.15) is 5.58 Å². The van der Waals surface area contributed by atoms with E-state index in [9.17, 15) is 14.9 Å². The number of rotatable bonds is 4. The highest BCUT2D eigenvalue weighted by Gasteiger charge is 2.19. The number of aryl methyl sites for hydroxylation is 1. The minimum atomic E-state index is -0.461. The highest BCUT2D eigenvalue weighted by atomic mass is 32.1. The van der Waals surface area contributed by atoms with Crippen molar-refractivity contribution in [1.82, 2.24) is 10.3 Å². The van der Waals surface area contributed by atoms with Crippen molar-refractivity contribution in [2.75, 3.05) is 5.32 Å². The number of benzene rings is 2. The molecule has 0 aliphatic carbocycles. The van der Waals surface area contributed by atoms with Crippen LogP contribution < -0.4 is 10.6 Å². The summed E-state index contributed by atoms with van der Waals surface area (Å²) in [7, 11) is 0. The molecule has 2 heterocycles. The summed E-state index contributed by atoms with van der Waals surface area (Å²) in [6.07, 6.45) is 0. The van der Waals surface area contributed by atoms with Gasteiger partial charge in [-0.1, -0.05) is 30.3 Å². The number of nitro groups is 1. The predicted molar refractivity (Wildman–Crippen MR) is 119 cm³/mol. The van der Waals surface area contributed by atoms with Crippen LogP contribution in [0.3, 0.4) is 0 Å². The number of aromatic nitrogens is 1. The van der Waals surface area contributed by atoms with Gasteiger partial charge < -0.3 is 9.73 Å². The fourth-order valence-corrected chi connectivity index (χ4v) is 3.90. The van der Waals surface area contributed by atoms with E-state index in [1.807, 2.05) is 25.1 Å². The lowest BCUT2D eigenvalue weighted by molar-refractivity contribution is -0.384. The molecule has 0 spiro atoms. The van der Waals surface area contributed by atoms with Crippen LogP contribution >= 0.6 is 23.6 Å². The molecule has 30 heavy (non-hydrogen) atoms. The summed E-state index contributed by atoms with van der Waals surface area (Å²) in [5.74, 6) is -0.270. The topological polar surface area (TPSA) is 110 Å². The van der Waals surface area contributed by atoms with Gasteiger partial charge >= 0.3 is 0 Å². The molecule has 2 aromatic carbocycles. The number of para-hydroxylation sites is 1. The van der Waals surface area contributed by atoms with E-state index in [0.29, 0.717) is 22.0 Å². The van der Waals surface area contributed by atoms with Gasteiger partial charge in [-0.15, -0.1) is 11.3 Å². The van der Waals surface area contributed by atoms with Crippen molar-refractivity contribution in [3.8, 4) is 11.3 Å². The quantitative estimate of drug-likeness (QED) is 0.265. The summed E-state index contributed by atoms with van der Waals surface area (Å²) in [6.45, 7) is 1.81. The van der Waals surface area contributed by atoms with Crippen molar-refractivity contribution in [3.05, 3.63) is 75.3 Å². The molecule has 0 saturated carbocycles. The molecule has 0 fully saturated rings. The van der Waals surface area contributed by atoms with Gasteiger partial charge in [-0.05, 0) is 25.2 Å². The van der Waals surface area contributed by atoms with Crippen LogP contribution in [0.5, 0.6) is 0 Å². The number of thiocarbonyl (C=S) groups is 1. The third-order valence-corrected chi connectivity index (χ3v) is 5.32. The first-order chi connectivity index (χ1) is 14.4. The Bertz CT molecular complexity index is 1290. The molecule has 0 radical (unpaired) electrons. The van der Waals surface area contributed by atoms with Gasteiger partial charge in [-0.3, -0.25) is 20.2 Å². The lowest BCUT2D eigenvalue weighted by Gasteiger charge is -2.06. The van der Waals surface area contributed by atoms with Crippen LogP contribution in [0.25, 0.3) is 22.2 Å². The molecular formula is C20H14N4O4S2. The normalized spacial score (nSPS) is 10.7. The number of thiazole rings is 1. The summed E-state index contributed by atoms with van der Waals surface area (Å²) in [6, 6.07) is 13.6. The third kappa shape index (κ3) is 3.91. The summed E-state index contributed by atoms with van der Waals surface area (Å²) in [4.78, 5) is 27.4. The zero-order chi connectivity index (χ0) is 21.3. The average Bonchev–Trinajstić information content (AvgIpc) is 3.33. The van der Waals surface area contributed by atoms with Crippen LogP contribution in [0.15, 0.2) is 58.3 Å². The minimum Gasteiger partial charge on any atom is -0.451 e. The third-order valence-electron chi connectivity index (χ3n) is 4.35. The molecule has 4 rings (SSSR count). The number of carbonyl (C=O) groups excluding carboxylic acids is 1.